The molecular formula is C14H18FNO. The summed E-state index contributed by atoms with van der Waals surface area (Å²) >= 11 is 0. The summed E-state index contributed by atoms with van der Waals surface area (Å²) in [6.07, 6.45) is 1.86. The van der Waals surface area contributed by atoms with Gasteiger partial charge < -0.3 is 0 Å². The molecule has 0 atom stereocenters. The molecule has 0 aliphatic rings. The van der Waals surface area contributed by atoms with Crippen molar-refractivity contribution in [3.63, 3.8) is 0 Å². The molecule has 0 heterocycles. The van der Waals surface area contributed by atoms with Crippen LogP contribution >= 0.6 is 0 Å². The molecule has 3 heteroatoms. The largest absolute Gasteiger partial charge is 0.297 e. The van der Waals surface area contributed by atoms with E-state index in [0.29, 0.717) is 5.56 Å². The molecule has 0 bridgehead atoms. The normalized spacial score (nSPS) is 12.0. The fraction of sp³-hybridized carbons (Fsp3) is 0.429. The van der Waals surface area contributed by atoms with Gasteiger partial charge in [0, 0.05) is 12.6 Å². The monoisotopic (exact) mass is 235 g/mol. The van der Waals surface area contributed by atoms with Crippen LogP contribution < -0.4 is 0 Å². The van der Waals surface area contributed by atoms with Gasteiger partial charge in [-0.25, -0.2) is 4.39 Å². The molecule has 0 aliphatic heterocycles. The van der Waals surface area contributed by atoms with Crippen molar-refractivity contribution in [3.05, 3.63) is 35.6 Å². The van der Waals surface area contributed by atoms with Gasteiger partial charge in [0.25, 0.3) is 0 Å². The van der Waals surface area contributed by atoms with Crippen LogP contribution in [-0.2, 0) is 11.2 Å². The fourth-order valence-electron chi connectivity index (χ4n) is 1.33. The van der Waals surface area contributed by atoms with Crippen molar-refractivity contribution in [2.45, 2.75) is 27.2 Å². The van der Waals surface area contributed by atoms with Gasteiger partial charge in [-0.05, 0) is 17.0 Å². The average molecular weight is 235 g/mol. The molecule has 2 nitrogen and oxygen atoms in total. The standard InChI is InChI=1S/C14H18FNO/c1-14(2,3)10-16-9-12(17)8-11-6-4-5-7-13(11)15/h4-7,10H,8-9H2,1-3H3. The highest BCUT2D eigenvalue weighted by Gasteiger charge is 2.08. The van der Waals surface area contributed by atoms with E-state index in [4.69, 9.17) is 0 Å². The Hall–Kier alpha value is -1.51. The van der Waals surface area contributed by atoms with Gasteiger partial charge in [0.05, 0.1) is 6.54 Å². The lowest BCUT2D eigenvalue weighted by atomic mass is 9.99. The van der Waals surface area contributed by atoms with Crippen molar-refractivity contribution in [2.24, 2.45) is 10.4 Å². The molecule has 0 amide bonds. The van der Waals surface area contributed by atoms with Gasteiger partial charge in [-0.2, -0.15) is 0 Å². The van der Waals surface area contributed by atoms with Crippen LogP contribution in [0, 0.1) is 11.2 Å². The summed E-state index contributed by atoms with van der Waals surface area (Å²) in [7, 11) is 0. The number of hydrogen-bond acceptors (Lipinski definition) is 2. The van der Waals surface area contributed by atoms with E-state index >= 15 is 0 Å². The van der Waals surface area contributed by atoms with E-state index in [-0.39, 0.29) is 30.0 Å². The third kappa shape index (κ3) is 5.38. The SMILES string of the molecule is CC(C)(C)C=NCC(=O)Cc1ccccc1F. The van der Waals surface area contributed by atoms with Crippen LogP contribution in [0.1, 0.15) is 26.3 Å². The van der Waals surface area contributed by atoms with Crippen molar-refractivity contribution in [1.29, 1.82) is 0 Å². The second kappa shape index (κ2) is 5.71. The van der Waals surface area contributed by atoms with E-state index in [1.807, 2.05) is 20.8 Å². The average Bonchev–Trinajstić information content (AvgIpc) is 2.19. The second-order valence-corrected chi connectivity index (χ2v) is 5.14. The number of benzene rings is 1. The molecular weight excluding hydrogens is 217 g/mol. The topological polar surface area (TPSA) is 29.4 Å². The zero-order valence-corrected chi connectivity index (χ0v) is 10.5. The van der Waals surface area contributed by atoms with Crippen LogP contribution in [0.3, 0.4) is 0 Å². The predicted octanol–water partition coefficient (Wildman–Crippen LogP) is 3.05. The summed E-state index contributed by atoms with van der Waals surface area (Å²) in [4.78, 5) is 15.6. The molecule has 1 aromatic rings. The van der Waals surface area contributed by atoms with E-state index < -0.39 is 0 Å². The number of carbonyl (C=O) groups excluding carboxylic acids is 1. The molecule has 17 heavy (non-hydrogen) atoms. The Bertz CT molecular complexity index is 418. The summed E-state index contributed by atoms with van der Waals surface area (Å²) in [5, 5.41) is 0. The minimum absolute atomic E-state index is 0.0295. The van der Waals surface area contributed by atoms with Crippen LogP contribution in [0.2, 0.25) is 0 Å². The molecule has 0 radical (unpaired) electrons. The van der Waals surface area contributed by atoms with E-state index in [1.54, 1.807) is 24.4 Å². The molecule has 0 N–H and O–H groups in total. The van der Waals surface area contributed by atoms with Gasteiger partial charge in [0.15, 0.2) is 5.78 Å². The molecule has 1 aromatic carbocycles. The lowest BCUT2D eigenvalue weighted by molar-refractivity contribution is -0.117. The van der Waals surface area contributed by atoms with Gasteiger partial charge in [-0.3, -0.25) is 9.79 Å². The van der Waals surface area contributed by atoms with Crippen molar-refractivity contribution in [3.8, 4) is 0 Å². The maximum atomic E-state index is 13.3. The lowest BCUT2D eigenvalue weighted by Gasteiger charge is -2.09. The third-order valence-electron chi connectivity index (χ3n) is 2.09. The van der Waals surface area contributed by atoms with Gasteiger partial charge in [0.2, 0.25) is 0 Å². The Balaban J connectivity index is 2.51. The Morgan fingerprint density at radius 2 is 2.00 bits per heavy atom. The first-order chi connectivity index (χ1) is 7.88. The number of Topliss-reactive ketones (excluding diaryl/α,β-unsaturated/α-hetero) is 1. The molecule has 0 aromatic heterocycles. The van der Waals surface area contributed by atoms with Gasteiger partial charge in [-0.1, -0.05) is 39.0 Å². The smallest absolute Gasteiger partial charge is 0.158 e. The number of nitrogens with zero attached hydrogens (tertiary/aromatic N) is 1. The highest BCUT2D eigenvalue weighted by atomic mass is 19.1. The summed E-state index contributed by atoms with van der Waals surface area (Å²) in [6, 6.07) is 6.33. The minimum Gasteiger partial charge on any atom is -0.297 e. The minimum atomic E-state index is -0.333. The summed E-state index contributed by atoms with van der Waals surface area (Å²) in [5.74, 6) is -0.406. The van der Waals surface area contributed by atoms with Gasteiger partial charge in [-0.15, -0.1) is 0 Å². The number of halogens is 1. The summed E-state index contributed by atoms with van der Waals surface area (Å²) in [6.45, 7) is 6.15. The molecule has 0 fully saturated rings. The summed E-state index contributed by atoms with van der Waals surface area (Å²) < 4.78 is 13.3. The summed E-state index contributed by atoms with van der Waals surface area (Å²) in [5.41, 5.74) is 0.404. The highest BCUT2D eigenvalue weighted by Crippen LogP contribution is 2.09. The van der Waals surface area contributed by atoms with Crippen molar-refractivity contribution < 1.29 is 9.18 Å². The zero-order valence-electron chi connectivity index (χ0n) is 10.5. The number of aliphatic imine (C=N–C) groups is 1. The maximum Gasteiger partial charge on any atom is 0.158 e. The molecule has 0 saturated heterocycles. The molecule has 0 unspecified atom stereocenters. The van der Waals surface area contributed by atoms with Crippen LogP contribution in [0.5, 0.6) is 0 Å². The first-order valence-electron chi connectivity index (χ1n) is 5.64. The van der Waals surface area contributed by atoms with Crippen LogP contribution in [0.15, 0.2) is 29.3 Å². The molecule has 0 saturated carbocycles. The molecule has 92 valence electrons. The highest BCUT2D eigenvalue weighted by molar-refractivity contribution is 5.84. The maximum absolute atomic E-state index is 13.3. The lowest BCUT2D eigenvalue weighted by Crippen LogP contribution is -2.11. The van der Waals surface area contributed by atoms with E-state index in [0.717, 1.165) is 0 Å². The van der Waals surface area contributed by atoms with Crippen molar-refractivity contribution in [2.75, 3.05) is 6.54 Å². The Kier molecular flexibility index (Phi) is 4.55. The Labute approximate surface area is 102 Å². The Morgan fingerprint density at radius 3 is 2.59 bits per heavy atom. The quantitative estimate of drug-likeness (QED) is 0.737. The van der Waals surface area contributed by atoms with Crippen LogP contribution in [0.25, 0.3) is 0 Å². The first kappa shape index (κ1) is 13.6. The van der Waals surface area contributed by atoms with Gasteiger partial charge in [0.1, 0.15) is 5.82 Å². The van der Waals surface area contributed by atoms with Crippen LogP contribution in [-0.4, -0.2) is 18.5 Å². The number of hydrogen-bond donors (Lipinski definition) is 0. The molecule has 1 rings (SSSR count). The van der Waals surface area contributed by atoms with E-state index in [1.165, 1.54) is 6.07 Å². The zero-order chi connectivity index (χ0) is 12.9. The third-order valence-corrected chi connectivity index (χ3v) is 2.09. The fourth-order valence-corrected chi connectivity index (χ4v) is 1.33. The molecule has 0 spiro atoms. The van der Waals surface area contributed by atoms with Crippen LogP contribution in [0.4, 0.5) is 4.39 Å². The van der Waals surface area contributed by atoms with Crippen molar-refractivity contribution in [1.82, 2.24) is 0 Å². The van der Waals surface area contributed by atoms with Gasteiger partial charge >= 0.3 is 0 Å². The Morgan fingerprint density at radius 1 is 1.35 bits per heavy atom. The second-order valence-electron chi connectivity index (χ2n) is 5.14. The molecule has 0 aliphatic carbocycles. The number of carbonyl (C=O) groups is 1. The first-order valence-corrected chi connectivity index (χ1v) is 5.64. The number of rotatable bonds is 4. The predicted molar refractivity (Wildman–Crippen MR) is 67.9 cm³/mol. The van der Waals surface area contributed by atoms with E-state index in [2.05, 4.69) is 4.99 Å². The van der Waals surface area contributed by atoms with Crippen molar-refractivity contribution >= 4 is 12.0 Å². The van der Waals surface area contributed by atoms with E-state index in [9.17, 15) is 9.18 Å². The number of ketones is 1.